The summed E-state index contributed by atoms with van der Waals surface area (Å²) in [6.45, 7) is 9.06. The van der Waals surface area contributed by atoms with Gasteiger partial charge in [0, 0.05) is 5.92 Å². The van der Waals surface area contributed by atoms with Gasteiger partial charge in [-0.1, -0.05) is 12.2 Å². The van der Waals surface area contributed by atoms with E-state index >= 15 is 0 Å². The van der Waals surface area contributed by atoms with Gasteiger partial charge in [-0.05, 0) is 40.0 Å². The Morgan fingerprint density at radius 2 is 2.11 bits per heavy atom. The minimum absolute atomic E-state index is 0.199. The minimum Gasteiger partial charge on any atom is -0.480 e. The molecule has 1 fully saturated rings. The number of carbonyl (C=O) groups excluding carboxylic acids is 1. The third-order valence-electron chi connectivity index (χ3n) is 2.88. The Morgan fingerprint density at radius 1 is 1.50 bits per heavy atom. The van der Waals surface area contributed by atoms with Gasteiger partial charge >= 0.3 is 12.1 Å². The number of aliphatic carboxylic acids is 1. The summed E-state index contributed by atoms with van der Waals surface area (Å²) < 4.78 is 5.07. The van der Waals surface area contributed by atoms with Crippen LogP contribution < -0.4 is 5.32 Å². The lowest BCUT2D eigenvalue weighted by molar-refractivity contribution is -0.140. The highest BCUT2D eigenvalue weighted by Gasteiger charge is 2.35. The van der Waals surface area contributed by atoms with Crippen molar-refractivity contribution in [2.75, 3.05) is 0 Å². The van der Waals surface area contributed by atoms with Crippen LogP contribution in [0.2, 0.25) is 0 Å². The highest BCUT2D eigenvalue weighted by Crippen LogP contribution is 2.32. The van der Waals surface area contributed by atoms with Crippen molar-refractivity contribution in [3.63, 3.8) is 0 Å². The van der Waals surface area contributed by atoms with E-state index in [0.717, 1.165) is 24.8 Å². The van der Waals surface area contributed by atoms with Crippen LogP contribution in [0.5, 0.6) is 0 Å². The molecule has 2 atom stereocenters. The van der Waals surface area contributed by atoms with Crippen molar-refractivity contribution in [2.45, 2.75) is 51.7 Å². The summed E-state index contributed by atoms with van der Waals surface area (Å²) in [5, 5.41) is 11.6. The lowest BCUT2D eigenvalue weighted by Gasteiger charge is -2.25. The Balaban J connectivity index is 2.67. The second-order valence-electron chi connectivity index (χ2n) is 5.62. The lowest BCUT2D eigenvalue weighted by atomic mass is 9.95. The molecule has 1 saturated carbocycles. The van der Waals surface area contributed by atoms with Gasteiger partial charge in [-0.25, -0.2) is 9.59 Å². The first-order chi connectivity index (χ1) is 8.20. The van der Waals surface area contributed by atoms with Crippen LogP contribution in [0, 0.1) is 5.92 Å². The van der Waals surface area contributed by atoms with Crippen molar-refractivity contribution < 1.29 is 19.4 Å². The van der Waals surface area contributed by atoms with E-state index in [4.69, 9.17) is 4.74 Å². The number of hydrogen-bond acceptors (Lipinski definition) is 3. The van der Waals surface area contributed by atoms with E-state index in [1.165, 1.54) is 0 Å². The SMILES string of the molecule is C=C1CCC[C@H]1[C@H](NC(=O)OC(C)(C)C)C(=O)O. The predicted octanol–water partition coefficient (Wildman–Crippen LogP) is 2.32. The maximum atomic E-state index is 11.6. The summed E-state index contributed by atoms with van der Waals surface area (Å²) in [6.07, 6.45) is 1.79. The van der Waals surface area contributed by atoms with Crippen molar-refractivity contribution in [3.8, 4) is 0 Å². The third-order valence-corrected chi connectivity index (χ3v) is 2.88. The zero-order valence-electron chi connectivity index (χ0n) is 11.2. The number of carboxylic acid groups (broad SMARTS) is 1. The van der Waals surface area contributed by atoms with Gasteiger partial charge in [0.15, 0.2) is 0 Å². The maximum absolute atomic E-state index is 11.6. The van der Waals surface area contributed by atoms with Gasteiger partial charge in [-0.2, -0.15) is 0 Å². The van der Waals surface area contributed by atoms with Crippen molar-refractivity contribution in [2.24, 2.45) is 5.92 Å². The molecule has 18 heavy (non-hydrogen) atoms. The number of nitrogens with one attached hydrogen (secondary N) is 1. The molecule has 1 aliphatic rings. The molecule has 1 aliphatic carbocycles. The zero-order chi connectivity index (χ0) is 13.9. The number of amides is 1. The molecule has 1 rings (SSSR count). The molecule has 0 aromatic carbocycles. The molecular weight excluding hydrogens is 234 g/mol. The van der Waals surface area contributed by atoms with Crippen molar-refractivity contribution in [1.82, 2.24) is 5.32 Å². The number of carboxylic acids is 1. The van der Waals surface area contributed by atoms with E-state index in [9.17, 15) is 14.7 Å². The Kier molecular flexibility index (Phi) is 4.38. The van der Waals surface area contributed by atoms with Crippen LogP contribution in [0.3, 0.4) is 0 Å². The number of hydrogen-bond donors (Lipinski definition) is 2. The molecule has 102 valence electrons. The Hall–Kier alpha value is -1.52. The van der Waals surface area contributed by atoms with Gasteiger partial charge in [0.05, 0.1) is 0 Å². The largest absolute Gasteiger partial charge is 0.480 e. The summed E-state index contributed by atoms with van der Waals surface area (Å²) >= 11 is 0. The van der Waals surface area contributed by atoms with Gasteiger partial charge in [0.25, 0.3) is 0 Å². The number of ether oxygens (including phenoxy) is 1. The average Bonchev–Trinajstić information content (AvgIpc) is 2.57. The Morgan fingerprint density at radius 3 is 2.50 bits per heavy atom. The normalized spacial score (nSPS) is 21.5. The maximum Gasteiger partial charge on any atom is 0.408 e. The van der Waals surface area contributed by atoms with Crippen molar-refractivity contribution in [3.05, 3.63) is 12.2 Å². The van der Waals surface area contributed by atoms with Gasteiger partial charge < -0.3 is 15.2 Å². The lowest BCUT2D eigenvalue weighted by Crippen LogP contribution is -2.47. The topological polar surface area (TPSA) is 75.6 Å². The van der Waals surface area contributed by atoms with E-state index in [0.29, 0.717) is 0 Å². The monoisotopic (exact) mass is 255 g/mol. The first-order valence-electron chi connectivity index (χ1n) is 6.10. The van der Waals surface area contributed by atoms with E-state index in [-0.39, 0.29) is 5.92 Å². The molecule has 0 bridgehead atoms. The van der Waals surface area contributed by atoms with E-state index in [1.807, 2.05) is 0 Å². The van der Waals surface area contributed by atoms with Crippen LogP contribution in [0.4, 0.5) is 4.79 Å². The van der Waals surface area contributed by atoms with Gasteiger partial charge in [0.2, 0.25) is 0 Å². The molecular formula is C13H21NO4. The summed E-state index contributed by atoms with van der Waals surface area (Å²) in [6, 6.07) is -0.949. The molecule has 5 heteroatoms. The molecule has 0 aromatic rings. The van der Waals surface area contributed by atoms with Crippen LogP contribution >= 0.6 is 0 Å². The summed E-state index contributed by atoms with van der Waals surface area (Å²) in [5.74, 6) is -1.25. The van der Waals surface area contributed by atoms with E-state index in [1.54, 1.807) is 20.8 Å². The first kappa shape index (κ1) is 14.5. The van der Waals surface area contributed by atoms with Gasteiger partial charge in [0.1, 0.15) is 11.6 Å². The Labute approximate surface area is 107 Å². The fourth-order valence-electron chi connectivity index (χ4n) is 2.11. The molecule has 0 spiro atoms. The van der Waals surface area contributed by atoms with Crippen LogP contribution in [-0.4, -0.2) is 28.8 Å². The second kappa shape index (κ2) is 5.42. The quantitative estimate of drug-likeness (QED) is 0.759. The fraction of sp³-hybridized carbons (Fsp3) is 0.692. The van der Waals surface area contributed by atoms with Crippen molar-refractivity contribution in [1.29, 1.82) is 0 Å². The van der Waals surface area contributed by atoms with E-state index in [2.05, 4.69) is 11.9 Å². The number of alkyl carbamates (subject to hydrolysis) is 1. The molecule has 1 amide bonds. The first-order valence-corrected chi connectivity index (χ1v) is 6.10. The zero-order valence-corrected chi connectivity index (χ0v) is 11.2. The minimum atomic E-state index is -1.05. The summed E-state index contributed by atoms with van der Waals surface area (Å²) in [7, 11) is 0. The molecule has 0 aromatic heterocycles. The highest BCUT2D eigenvalue weighted by atomic mass is 16.6. The molecule has 0 unspecified atom stereocenters. The van der Waals surface area contributed by atoms with Crippen molar-refractivity contribution >= 4 is 12.1 Å². The third kappa shape index (κ3) is 4.05. The smallest absolute Gasteiger partial charge is 0.408 e. The Bertz CT molecular complexity index is 356. The highest BCUT2D eigenvalue weighted by molar-refractivity contribution is 5.80. The molecule has 2 N–H and O–H groups in total. The van der Waals surface area contributed by atoms with E-state index < -0.39 is 23.7 Å². The number of carbonyl (C=O) groups is 2. The van der Waals surface area contributed by atoms with Crippen LogP contribution in [-0.2, 0) is 9.53 Å². The van der Waals surface area contributed by atoms with Gasteiger partial charge in [-0.3, -0.25) is 0 Å². The predicted molar refractivity (Wildman–Crippen MR) is 67.3 cm³/mol. The van der Waals surface area contributed by atoms with Gasteiger partial charge in [-0.15, -0.1) is 0 Å². The molecule has 0 aliphatic heterocycles. The standard InChI is InChI=1S/C13H21NO4/c1-8-6-5-7-9(8)10(11(15)16)14-12(17)18-13(2,3)4/h9-10H,1,5-7H2,2-4H3,(H,14,17)(H,15,16)/t9-,10+/m1/s1. The van der Waals surface area contributed by atoms with Crippen LogP contribution in [0.25, 0.3) is 0 Å². The average molecular weight is 255 g/mol. The summed E-state index contributed by atoms with van der Waals surface area (Å²) in [4.78, 5) is 22.8. The summed E-state index contributed by atoms with van der Waals surface area (Å²) in [5.41, 5.74) is 0.248. The second-order valence-corrected chi connectivity index (χ2v) is 5.62. The fourth-order valence-corrected chi connectivity index (χ4v) is 2.11. The van der Waals surface area contributed by atoms with Crippen LogP contribution in [0.1, 0.15) is 40.0 Å². The number of rotatable bonds is 3. The van der Waals surface area contributed by atoms with Crippen LogP contribution in [0.15, 0.2) is 12.2 Å². The molecule has 0 heterocycles. The molecule has 5 nitrogen and oxygen atoms in total. The molecule has 0 radical (unpaired) electrons. The molecule has 0 saturated heterocycles.